The van der Waals surface area contributed by atoms with Crippen LogP contribution in [0, 0.1) is 0 Å². The van der Waals surface area contributed by atoms with Gasteiger partial charge < -0.3 is 5.73 Å². The highest BCUT2D eigenvalue weighted by Gasteiger charge is 2.03. The van der Waals surface area contributed by atoms with Crippen molar-refractivity contribution < 1.29 is 0 Å². The van der Waals surface area contributed by atoms with Gasteiger partial charge in [0, 0.05) is 11.1 Å². The molecule has 2 aromatic carbocycles. The van der Waals surface area contributed by atoms with Gasteiger partial charge in [-0.3, -0.25) is 0 Å². The summed E-state index contributed by atoms with van der Waals surface area (Å²) in [4.78, 5) is 0. The molecule has 0 aromatic heterocycles. The summed E-state index contributed by atoms with van der Waals surface area (Å²) in [6, 6.07) is 12.7. The van der Waals surface area contributed by atoms with Crippen molar-refractivity contribution in [2.75, 3.05) is 5.73 Å². The van der Waals surface area contributed by atoms with E-state index in [0.717, 1.165) is 5.69 Å². The molecule has 0 saturated carbocycles. The lowest BCUT2D eigenvalue weighted by atomic mass is 9.98. The maximum atomic E-state index is 6.02. The zero-order valence-electron chi connectivity index (χ0n) is 11.3. The second-order valence-electron chi connectivity index (χ2n) is 5.02. The first-order chi connectivity index (χ1) is 8.83. The number of unbranched alkanes of at least 4 members (excludes halogenated alkanes) is 4. The van der Waals surface area contributed by atoms with Crippen LogP contribution in [0.4, 0.5) is 5.69 Å². The van der Waals surface area contributed by atoms with Crippen molar-refractivity contribution in [3.05, 3.63) is 42.0 Å². The number of nitrogen functional groups attached to an aromatic ring is 1. The number of benzene rings is 2. The Bertz CT molecular complexity index is 502. The van der Waals surface area contributed by atoms with Crippen LogP contribution in [0.15, 0.2) is 36.4 Å². The second kappa shape index (κ2) is 6.44. The summed E-state index contributed by atoms with van der Waals surface area (Å²) in [5.41, 5.74) is 8.35. The quantitative estimate of drug-likeness (QED) is 0.563. The van der Waals surface area contributed by atoms with Crippen LogP contribution in [-0.2, 0) is 6.42 Å². The molecule has 0 fully saturated rings. The minimum absolute atomic E-state index is 0.889. The Morgan fingerprint density at radius 3 is 2.33 bits per heavy atom. The van der Waals surface area contributed by atoms with Gasteiger partial charge in [0.1, 0.15) is 0 Å². The molecule has 0 bridgehead atoms. The zero-order valence-corrected chi connectivity index (χ0v) is 11.3. The molecule has 0 aliphatic rings. The van der Waals surface area contributed by atoms with Crippen LogP contribution in [0.3, 0.4) is 0 Å². The maximum absolute atomic E-state index is 6.02. The molecule has 0 aliphatic carbocycles. The molecule has 0 amide bonds. The summed E-state index contributed by atoms with van der Waals surface area (Å²) in [6.45, 7) is 2.26. The molecule has 0 heterocycles. The SMILES string of the molecule is CCCCCCCc1ccc(N)c2ccccc12. The van der Waals surface area contributed by atoms with Crippen molar-refractivity contribution in [1.29, 1.82) is 0 Å². The Labute approximate surface area is 110 Å². The number of fused-ring (bicyclic) bond motifs is 1. The van der Waals surface area contributed by atoms with Gasteiger partial charge in [-0.1, -0.05) is 62.9 Å². The fourth-order valence-corrected chi connectivity index (χ4v) is 2.52. The van der Waals surface area contributed by atoms with Gasteiger partial charge in [0.15, 0.2) is 0 Å². The van der Waals surface area contributed by atoms with Crippen molar-refractivity contribution in [1.82, 2.24) is 0 Å². The highest BCUT2D eigenvalue weighted by Crippen LogP contribution is 2.25. The Hall–Kier alpha value is -1.50. The van der Waals surface area contributed by atoms with Crippen LogP contribution >= 0.6 is 0 Å². The fourth-order valence-electron chi connectivity index (χ4n) is 2.52. The van der Waals surface area contributed by atoms with E-state index in [1.807, 2.05) is 6.07 Å². The van der Waals surface area contributed by atoms with Gasteiger partial charge in [-0.25, -0.2) is 0 Å². The third-order valence-electron chi connectivity index (χ3n) is 3.60. The molecule has 0 unspecified atom stereocenters. The average molecular weight is 241 g/mol. The van der Waals surface area contributed by atoms with E-state index in [1.165, 1.54) is 54.9 Å². The van der Waals surface area contributed by atoms with E-state index in [-0.39, 0.29) is 0 Å². The third-order valence-corrected chi connectivity index (χ3v) is 3.60. The highest BCUT2D eigenvalue weighted by molar-refractivity contribution is 5.95. The predicted molar refractivity (Wildman–Crippen MR) is 80.8 cm³/mol. The lowest BCUT2D eigenvalue weighted by Crippen LogP contribution is -1.92. The molecule has 2 aromatic rings. The van der Waals surface area contributed by atoms with Crippen molar-refractivity contribution in [3.63, 3.8) is 0 Å². The topological polar surface area (TPSA) is 26.0 Å². The number of aryl methyl sites for hydroxylation is 1. The lowest BCUT2D eigenvalue weighted by molar-refractivity contribution is 0.633. The standard InChI is InChI=1S/C17H23N/c1-2-3-4-5-6-9-14-12-13-17(18)16-11-8-7-10-15(14)16/h7-8,10-13H,2-6,9,18H2,1H3. The zero-order chi connectivity index (χ0) is 12.8. The van der Waals surface area contributed by atoms with Crippen LogP contribution in [-0.4, -0.2) is 0 Å². The molecule has 2 rings (SSSR count). The second-order valence-corrected chi connectivity index (χ2v) is 5.02. The van der Waals surface area contributed by atoms with E-state index in [0.29, 0.717) is 0 Å². The highest BCUT2D eigenvalue weighted by atomic mass is 14.5. The van der Waals surface area contributed by atoms with Crippen molar-refractivity contribution in [2.45, 2.75) is 45.4 Å². The van der Waals surface area contributed by atoms with Gasteiger partial charge in [0.05, 0.1) is 0 Å². The summed E-state index contributed by atoms with van der Waals surface area (Å²) in [5, 5.41) is 2.52. The molecule has 96 valence electrons. The van der Waals surface area contributed by atoms with Gasteiger partial charge in [0.2, 0.25) is 0 Å². The molecule has 0 radical (unpaired) electrons. The smallest absolute Gasteiger partial charge is 0.0393 e. The first-order valence-corrected chi connectivity index (χ1v) is 7.09. The molecule has 2 N–H and O–H groups in total. The molecule has 0 saturated heterocycles. The van der Waals surface area contributed by atoms with Crippen molar-refractivity contribution >= 4 is 16.5 Å². The Kier molecular flexibility index (Phi) is 4.63. The maximum Gasteiger partial charge on any atom is 0.0393 e. The Balaban J connectivity index is 2.07. The van der Waals surface area contributed by atoms with E-state index in [1.54, 1.807) is 0 Å². The number of rotatable bonds is 6. The summed E-state index contributed by atoms with van der Waals surface area (Å²) < 4.78 is 0. The summed E-state index contributed by atoms with van der Waals surface area (Å²) >= 11 is 0. The van der Waals surface area contributed by atoms with Crippen LogP contribution in [0.2, 0.25) is 0 Å². The molecule has 0 spiro atoms. The van der Waals surface area contributed by atoms with Gasteiger partial charge in [-0.05, 0) is 29.9 Å². The Morgan fingerprint density at radius 1 is 0.833 bits per heavy atom. The van der Waals surface area contributed by atoms with Crippen LogP contribution in [0.1, 0.15) is 44.6 Å². The molecule has 1 nitrogen and oxygen atoms in total. The van der Waals surface area contributed by atoms with Crippen molar-refractivity contribution in [2.24, 2.45) is 0 Å². The molecule has 0 aliphatic heterocycles. The largest absolute Gasteiger partial charge is 0.398 e. The number of nitrogens with two attached hydrogens (primary N) is 1. The third kappa shape index (κ3) is 3.04. The van der Waals surface area contributed by atoms with Crippen LogP contribution in [0.5, 0.6) is 0 Å². The lowest BCUT2D eigenvalue weighted by Gasteiger charge is -2.08. The Morgan fingerprint density at radius 2 is 1.56 bits per heavy atom. The van der Waals surface area contributed by atoms with Crippen LogP contribution < -0.4 is 5.73 Å². The van der Waals surface area contributed by atoms with E-state index >= 15 is 0 Å². The fraction of sp³-hybridized carbons (Fsp3) is 0.412. The molecule has 18 heavy (non-hydrogen) atoms. The molecule has 1 heteroatoms. The average Bonchev–Trinajstić information content (AvgIpc) is 2.41. The van der Waals surface area contributed by atoms with E-state index in [2.05, 4.69) is 37.3 Å². The van der Waals surface area contributed by atoms with E-state index in [9.17, 15) is 0 Å². The van der Waals surface area contributed by atoms with E-state index in [4.69, 9.17) is 5.73 Å². The summed E-state index contributed by atoms with van der Waals surface area (Å²) in [7, 11) is 0. The van der Waals surface area contributed by atoms with Crippen molar-refractivity contribution in [3.8, 4) is 0 Å². The first kappa shape index (κ1) is 12.9. The number of anilines is 1. The summed E-state index contributed by atoms with van der Waals surface area (Å²) in [6.07, 6.45) is 7.83. The first-order valence-electron chi connectivity index (χ1n) is 7.09. The molecular weight excluding hydrogens is 218 g/mol. The predicted octanol–water partition coefficient (Wildman–Crippen LogP) is 4.93. The van der Waals surface area contributed by atoms with Crippen LogP contribution in [0.25, 0.3) is 10.8 Å². The normalized spacial score (nSPS) is 10.9. The molecule has 0 atom stereocenters. The number of hydrogen-bond acceptors (Lipinski definition) is 1. The number of hydrogen-bond donors (Lipinski definition) is 1. The van der Waals surface area contributed by atoms with Gasteiger partial charge in [-0.2, -0.15) is 0 Å². The van der Waals surface area contributed by atoms with E-state index < -0.39 is 0 Å². The monoisotopic (exact) mass is 241 g/mol. The van der Waals surface area contributed by atoms with Gasteiger partial charge in [-0.15, -0.1) is 0 Å². The molecular formula is C17H23N. The minimum atomic E-state index is 0.889. The van der Waals surface area contributed by atoms with Gasteiger partial charge in [0.25, 0.3) is 0 Å². The minimum Gasteiger partial charge on any atom is -0.398 e. The van der Waals surface area contributed by atoms with Gasteiger partial charge >= 0.3 is 0 Å². The summed E-state index contributed by atoms with van der Waals surface area (Å²) in [5.74, 6) is 0.